The van der Waals surface area contributed by atoms with Crippen LogP contribution in [0.4, 0.5) is 0 Å². The number of nitrogens with one attached hydrogen (secondary N) is 2. The Hall–Kier alpha value is -0.550. The van der Waals surface area contributed by atoms with E-state index in [1.54, 1.807) is 0 Å². The fraction of sp³-hybridized carbons (Fsp3) is 0.867. The highest BCUT2D eigenvalue weighted by atomic mass is 32.1. The molecule has 0 aliphatic carbocycles. The van der Waals surface area contributed by atoms with E-state index in [0.717, 1.165) is 0 Å². The van der Waals surface area contributed by atoms with Crippen molar-refractivity contribution in [3.05, 3.63) is 0 Å². The van der Waals surface area contributed by atoms with Gasteiger partial charge in [-0.1, -0.05) is 34.6 Å². The largest absolute Gasteiger partial charge is 0.348 e. The lowest BCUT2D eigenvalue weighted by Gasteiger charge is -2.32. The van der Waals surface area contributed by atoms with Crippen molar-refractivity contribution >= 4 is 24.3 Å². The summed E-state index contributed by atoms with van der Waals surface area (Å²) in [7, 11) is 0. The van der Waals surface area contributed by atoms with E-state index in [0.29, 0.717) is 5.75 Å². The van der Waals surface area contributed by atoms with Gasteiger partial charge in [0.25, 0.3) is 0 Å². The molecule has 1 atom stereocenters. The van der Waals surface area contributed by atoms with Crippen LogP contribution in [0.25, 0.3) is 0 Å². The van der Waals surface area contributed by atoms with Crippen molar-refractivity contribution in [1.29, 1.82) is 0 Å². The maximum absolute atomic E-state index is 12.3. The summed E-state index contributed by atoms with van der Waals surface area (Å²) in [6, 6.07) is -0.329. The van der Waals surface area contributed by atoms with Gasteiger partial charge in [0.05, 0.1) is 12.6 Å². The first-order chi connectivity index (χ1) is 8.90. The molecule has 5 heteroatoms. The van der Waals surface area contributed by atoms with E-state index in [-0.39, 0.29) is 35.7 Å². The number of carbonyl (C=O) groups excluding carboxylic acids is 2. The Labute approximate surface area is 128 Å². The summed E-state index contributed by atoms with van der Waals surface area (Å²) < 4.78 is 0. The Morgan fingerprint density at radius 3 is 1.95 bits per heavy atom. The number of carbonyl (C=O) groups is 2. The van der Waals surface area contributed by atoms with Crippen LogP contribution in [0.2, 0.25) is 0 Å². The molecule has 118 valence electrons. The number of ketones is 1. The predicted molar refractivity (Wildman–Crippen MR) is 87.2 cm³/mol. The lowest BCUT2D eigenvalue weighted by Crippen LogP contribution is -2.56. The average molecular weight is 302 g/mol. The third-order valence-electron chi connectivity index (χ3n) is 3.15. The van der Waals surface area contributed by atoms with E-state index in [1.165, 1.54) is 0 Å². The van der Waals surface area contributed by atoms with Crippen molar-refractivity contribution in [1.82, 2.24) is 10.6 Å². The summed E-state index contributed by atoms with van der Waals surface area (Å²) >= 11 is 4.29. The van der Waals surface area contributed by atoms with Gasteiger partial charge in [-0.25, -0.2) is 0 Å². The molecule has 4 nitrogen and oxygen atoms in total. The molecule has 1 unspecified atom stereocenters. The van der Waals surface area contributed by atoms with E-state index in [4.69, 9.17) is 0 Å². The first kappa shape index (κ1) is 19.4. The average Bonchev–Trinajstić information content (AvgIpc) is 2.31. The maximum Gasteiger partial charge on any atom is 0.237 e. The molecule has 0 aromatic carbocycles. The highest BCUT2D eigenvalue weighted by Gasteiger charge is 2.29. The molecule has 0 radical (unpaired) electrons. The molecule has 0 aliphatic rings. The van der Waals surface area contributed by atoms with Crippen molar-refractivity contribution in [2.45, 2.75) is 60.0 Å². The van der Waals surface area contributed by atoms with Crippen LogP contribution in [0.15, 0.2) is 0 Å². The minimum atomic E-state index is -0.432. The third kappa shape index (κ3) is 6.75. The number of rotatable bonds is 7. The summed E-state index contributed by atoms with van der Waals surface area (Å²) in [5, 5.41) is 6.05. The van der Waals surface area contributed by atoms with Gasteiger partial charge in [-0.2, -0.15) is 12.6 Å². The fourth-order valence-corrected chi connectivity index (χ4v) is 1.64. The minimum Gasteiger partial charge on any atom is -0.348 e. The molecule has 20 heavy (non-hydrogen) atoms. The Bertz CT molecular complexity index is 346. The highest BCUT2D eigenvalue weighted by Crippen LogP contribution is 2.14. The van der Waals surface area contributed by atoms with E-state index in [1.807, 2.05) is 48.5 Å². The van der Waals surface area contributed by atoms with Crippen LogP contribution < -0.4 is 10.6 Å². The highest BCUT2D eigenvalue weighted by molar-refractivity contribution is 7.80. The molecule has 1 amide bonds. The van der Waals surface area contributed by atoms with E-state index >= 15 is 0 Å². The second-order valence-corrected chi connectivity index (χ2v) is 7.62. The van der Waals surface area contributed by atoms with Gasteiger partial charge in [0.1, 0.15) is 0 Å². The molecule has 0 heterocycles. The molecular weight excluding hydrogens is 272 g/mol. The van der Waals surface area contributed by atoms with Crippen LogP contribution in [-0.2, 0) is 9.59 Å². The number of thiol groups is 1. The van der Waals surface area contributed by atoms with E-state index < -0.39 is 5.41 Å². The van der Waals surface area contributed by atoms with Crippen molar-refractivity contribution in [2.24, 2.45) is 11.3 Å². The second-order valence-electron chi connectivity index (χ2n) is 7.30. The zero-order valence-corrected chi connectivity index (χ0v) is 14.7. The maximum atomic E-state index is 12.3. The zero-order chi connectivity index (χ0) is 16.1. The molecule has 0 rings (SSSR count). The molecule has 0 saturated heterocycles. The molecule has 0 aromatic heterocycles. The van der Waals surface area contributed by atoms with Crippen LogP contribution in [0.3, 0.4) is 0 Å². The first-order valence-corrected chi connectivity index (χ1v) is 7.73. The Morgan fingerprint density at radius 2 is 1.60 bits per heavy atom. The topological polar surface area (TPSA) is 58.2 Å². The molecule has 0 saturated carbocycles. The SMILES string of the molecule is CC(C)C(NC(C)(C)CS)C(=O)NCC(=O)C(C)(C)C. The summed E-state index contributed by atoms with van der Waals surface area (Å²) in [6.45, 7) is 13.6. The molecule has 0 aromatic rings. The number of hydrogen-bond acceptors (Lipinski definition) is 4. The predicted octanol–water partition coefficient (Wildman–Crippen LogP) is 2.04. The van der Waals surface area contributed by atoms with Gasteiger partial charge >= 0.3 is 0 Å². The zero-order valence-electron chi connectivity index (χ0n) is 13.8. The van der Waals surface area contributed by atoms with Crippen LogP contribution in [0, 0.1) is 11.3 Å². The first-order valence-electron chi connectivity index (χ1n) is 7.10. The van der Waals surface area contributed by atoms with Gasteiger partial charge in [-0.05, 0) is 19.8 Å². The van der Waals surface area contributed by atoms with Crippen molar-refractivity contribution < 1.29 is 9.59 Å². The van der Waals surface area contributed by atoms with Crippen LogP contribution in [0.5, 0.6) is 0 Å². The summed E-state index contributed by atoms with van der Waals surface area (Å²) in [4.78, 5) is 24.1. The van der Waals surface area contributed by atoms with Gasteiger partial charge in [-0.15, -0.1) is 0 Å². The van der Waals surface area contributed by atoms with Gasteiger partial charge in [0.2, 0.25) is 5.91 Å². The molecular formula is C15H30N2O2S. The minimum absolute atomic E-state index is 0.0295. The van der Waals surface area contributed by atoms with Gasteiger partial charge in [0.15, 0.2) is 5.78 Å². The lowest BCUT2D eigenvalue weighted by atomic mass is 9.90. The summed E-state index contributed by atoms with van der Waals surface area (Å²) in [5.74, 6) is 0.665. The Kier molecular flexibility index (Phi) is 7.25. The standard InChI is InChI=1S/C15H30N2O2S/c1-10(2)12(17-15(6,7)9-20)13(19)16-8-11(18)14(3,4)5/h10,12,17,20H,8-9H2,1-7H3,(H,16,19). The third-order valence-corrected chi connectivity index (χ3v) is 3.94. The number of amides is 1. The van der Waals surface area contributed by atoms with Crippen LogP contribution >= 0.6 is 12.6 Å². The van der Waals surface area contributed by atoms with Crippen LogP contribution in [0.1, 0.15) is 48.5 Å². The fourth-order valence-electron chi connectivity index (χ4n) is 1.54. The van der Waals surface area contributed by atoms with E-state index in [2.05, 4.69) is 23.3 Å². The molecule has 0 aliphatic heterocycles. The molecule has 2 N–H and O–H groups in total. The van der Waals surface area contributed by atoms with Crippen LogP contribution in [-0.4, -0.2) is 35.6 Å². The van der Waals surface area contributed by atoms with Crippen molar-refractivity contribution in [2.75, 3.05) is 12.3 Å². The number of hydrogen-bond donors (Lipinski definition) is 3. The Balaban J connectivity index is 4.65. The van der Waals surface area contributed by atoms with Gasteiger partial charge in [-0.3, -0.25) is 14.9 Å². The quantitative estimate of drug-likeness (QED) is 0.631. The summed E-state index contributed by atoms with van der Waals surface area (Å²) in [6.07, 6.45) is 0. The molecule has 0 fully saturated rings. The van der Waals surface area contributed by atoms with E-state index in [9.17, 15) is 9.59 Å². The smallest absolute Gasteiger partial charge is 0.237 e. The summed E-state index contributed by atoms with van der Waals surface area (Å²) in [5.41, 5.74) is -0.665. The number of Topliss-reactive ketones (excluding diaryl/α,β-unsaturated/α-hetero) is 1. The van der Waals surface area contributed by atoms with Crippen molar-refractivity contribution in [3.63, 3.8) is 0 Å². The molecule has 0 spiro atoms. The normalized spacial score (nSPS) is 14.2. The van der Waals surface area contributed by atoms with Crippen molar-refractivity contribution in [3.8, 4) is 0 Å². The Morgan fingerprint density at radius 1 is 1.10 bits per heavy atom. The van der Waals surface area contributed by atoms with Gasteiger partial charge < -0.3 is 5.32 Å². The second kappa shape index (κ2) is 7.46. The lowest BCUT2D eigenvalue weighted by molar-refractivity contribution is -0.130. The molecule has 0 bridgehead atoms. The van der Waals surface area contributed by atoms with Gasteiger partial charge in [0, 0.05) is 16.7 Å². The monoisotopic (exact) mass is 302 g/mol.